The number of aliphatic hydroxyl groups excluding tert-OH is 2. The molecule has 0 saturated carbocycles. The van der Waals surface area contributed by atoms with Gasteiger partial charge < -0.3 is 15.5 Å². The summed E-state index contributed by atoms with van der Waals surface area (Å²) >= 11 is 0. The Kier molecular flexibility index (Phi) is 48.8. The molecular weight excluding hydrogens is 723 g/mol. The van der Waals surface area contributed by atoms with Crippen molar-refractivity contribution in [3.63, 3.8) is 0 Å². The van der Waals surface area contributed by atoms with Crippen LogP contribution in [0.5, 0.6) is 0 Å². The third-order valence-electron chi connectivity index (χ3n) is 11.7. The molecule has 1 amide bonds. The number of hydrogen-bond donors (Lipinski definition) is 3. The van der Waals surface area contributed by atoms with Gasteiger partial charge in [-0.15, -0.1) is 0 Å². The van der Waals surface area contributed by atoms with Gasteiger partial charge in [0.2, 0.25) is 5.91 Å². The van der Waals surface area contributed by atoms with E-state index in [1.807, 2.05) is 6.08 Å². The first-order chi connectivity index (χ1) is 29.2. The number of carbonyl (C=O) groups is 1. The van der Waals surface area contributed by atoms with Gasteiger partial charge in [-0.2, -0.15) is 0 Å². The van der Waals surface area contributed by atoms with Gasteiger partial charge in [0, 0.05) is 6.42 Å². The van der Waals surface area contributed by atoms with Gasteiger partial charge in [0.05, 0.1) is 18.8 Å². The van der Waals surface area contributed by atoms with Gasteiger partial charge >= 0.3 is 0 Å². The average molecular weight is 824 g/mol. The molecule has 0 aromatic rings. The first kappa shape index (κ1) is 57.1. The summed E-state index contributed by atoms with van der Waals surface area (Å²) in [6.45, 7) is 4.20. The first-order valence-electron chi connectivity index (χ1n) is 26.0. The van der Waals surface area contributed by atoms with Gasteiger partial charge in [0.15, 0.2) is 0 Å². The van der Waals surface area contributed by atoms with E-state index in [1.54, 1.807) is 6.08 Å². The monoisotopic (exact) mass is 824 g/mol. The maximum Gasteiger partial charge on any atom is 0.220 e. The van der Waals surface area contributed by atoms with Gasteiger partial charge in [-0.3, -0.25) is 4.79 Å². The predicted octanol–water partition coefficient (Wildman–Crippen LogP) is 16.9. The largest absolute Gasteiger partial charge is 0.394 e. The SMILES string of the molecule is CC/C=C\C/C=C\C/C=C\CCCCCCCCCC(=O)NC(CO)C(O)/C=C/CC/C=C/CCCCCCCCCCCCCCCCCCCCCCCCCC. The Morgan fingerprint density at radius 1 is 0.424 bits per heavy atom. The van der Waals surface area contributed by atoms with Crippen LogP contribution in [-0.4, -0.2) is 34.9 Å². The molecule has 4 heteroatoms. The van der Waals surface area contributed by atoms with E-state index in [-0.39, 0.29) is 12.5 Å². The lowest BCUT2D eigenvalue weighted by Crippen LogP contribution is -2.45. The second kappa shape index (κ2) is 50.4. The van der Waals surface area contributed by atoms with Crippen LogP contribution in [0.4, 0.5) is 0 Å². The van der Waals surface area contributed by atoms with Crippen molar-refractivity contribution in [2.24, 2.45) is 0 Å². The van der Waals surface area contributed by atoms with Crippen LogP contribution in [0.1, 0.15) is 264 Å². The van der Waals surface area contributed by atoms with E-state index < -0.39 is 12.1 Å². The number of amides is 1. The molecule has 3 N–H and O–H groups in total. The van der Waals surface area contributed by atoms with Crippen molar-refractivity contribution in [2.75, 3.05) is 6.61 Å². The van der Waals surface area contributed by atoms with Crippen LogP contribution < -0.4 is 5.32 Å². The molecule has 0 rings (SSSR count). The second-order valence-electron chi connectivity index (χ2n) is 17.6. The van der Waals surface area contributed by atoms with Crippen molar-refractivity contribution in [1.82, 2.24) is 5.32 Å². The molecule has 0 aliphatic heterocycles. The highest BCUT2D eigenvalue weighted by Gasteiger charge is 2.17. The van der Waals surface area contributed by atoms with Crippen molar-refractivity contribution in [3.05, 3.63) is 60.8 Å². The van der Waals surface area contributed by atoms with Crippen molar-refractivity contribution in [3.8, 4) is 0 Å². The first-order valence-corrected chi connectivity index (χ1v) is 26.0. The molecule has 2 atom stereocenters. The number of allylic oxidation sites excluding steroid dienone is 9. The summed E-state index contributed by atoms with van der Waals surface area (Å²) in [5.74, 6) is -0.0840. The van der Waals surface area contributed by atoms with Gasteiger partial charge in [-0.25, -0.2) is 0 Å². The summed E-state index contributed by atoms with van der Waals surface area (Å²) in [7, 11) is 0. The lowest BCUT2D eigenvalue weighted by atomic mass is 10.0. The fraction of sp³-hybridized carbons (Fsp3) is 0.800. The van der Waals surface area contributed by atoms with Crippen LogP contribution in [0.2, 0.25) is 0 Å². The molecule has 59 heavy (non-hydrogen) atoms. The fourth-order valence-electron chi connectivity index (χ4n) is 7.80. The maximum atomic E-state index is 12.4. The number of hydrogen-bond acceptors (Lipinski definition) is 3. The number of rotatable bonds is 47. The van der Waals surface area contributed by atoms with Crippen LogP contribution in [0.3, 0.4) is 0 Å². The van der Waals surface area contributed by atoms with Gasteiger partial charge in [-0.1, -0.05) is 254 Å². The summed E-state index contributed by atoms with van der Waals surface area (Å²) in [4.78, 5) is 12.4. The highest BCUT2D eigenvalue weighted by Crippen LogP contribution is 2.16. The highest BCUT2D eigenvalue weighted by atomic mass is 16.3. The average Bonchev–Trinajstić information content (AvgIpc) is 3.24. The van der Waals surface area contributed by atoms with Crippen molar-refractivity contribution in [1.29, 1.82) is 0 Å². The molecular formula is C55H101NO3. The van der Waals surface area contributed by atoms with Crippen molar-refractivity contribution < 1.29 is 15.0 Å². The third kappa shape index (κ3) is 47.0. The summed E-state index contributed by atoms with van der Waals surface area (Å²) in [6.07, 6.45) is 70.9. The smallest absolute Gasteiger partial charge is 0.220 e. The van der Waals surface area contributed by atoms with Crippen LogP contribution in [0.15, 0.2) is 60.8 Å². The summed E-state index contributed by atoms with van der Waals surface area (Å²) in [5.41, 5.74) is 0. The molecule has 0 aliphatic carbocycles. The molecule has 0 heterocycles. The Balaban J connectivity index is 3.53. The molecule has 0 radical (unpaired) electrons. The normalized spacial score (nSPS) is 13.4. The minimum absolute atomic E-state index is 0.0840. The molecule has 0 bridgehead atoms. The summed E-state index contributed by atoms with van der Waals surface area (Å²) < 4.78 is 0. The minimum atomic E-state index is -0.869. The molecule has 0 fully saturated rings. The molecule has 0 aromatic carbocycles. The topological polar surface area (TPSA) is 69.6 Å². The van der Waals surface area contributed by atoms with E-state index in [2.05, 4.69) is 67.8 Å². The molecule has 0 saturated heterocycles. The van der Waals surface area contributed by atoms with E-state index in [0.717, 1.165) is 64.2 Å². The Bertz CT molecular complexity index is 981. The third-order valence-corrected chi connectivity index (χ3v) is 11.7. The van der Waals surface area contributed by atoms with Gasteiger partial charge in [0.1, 0.15) is 0 Å². The zero-order valence-corrected chi connectivity index (χ0v) is 39.5. The lowest BCUT2D eigenvalue weighted by Gasteiger charge is -2.19. The van der Waals surface area contributed by atoms with E-state index >= 15 is 0 Å². The minimum Gasteiger partial charge on any atom is -0.394 e. The Morgan fingerprint density at radius 3 is 1.19 bits per heavy atom. The molecule has 344 valence electrons. The van der Waals surface area contributed by atoms with Crippen LogP contribution in [-0.2, 0) is 4.79 Å². The van der Waals surface area contributed by atoms with Crippen LogP contribution in [0, 0.1) is 0 Å². The molecule has 0 spiro atoms. The van der Waals surface area contributed by atoms with E-state index in [0.29, 0.717) is 6.42 Å². The van der Waals surface area contributed by atoms with E-state index in [4.69, 9.17) is 0 Å². The lowest BCUT2D eigenvalue weighted by molar-refractivity contribution is -0.123. The summed E-state index contributed by atoms with van der Waals surface area (Å²) in [5, 5.41) is 23.1. The molecule has 0 aromatic heterocycles. The Labute approximate surface area is 368 Å². The Hall–Kier alpha value is -1.91. The zero-order valence-electron chi connectivity index (χ0n) is 39.5. The van der Waals surface area contributed by atoms with Crippen LogP contribution >= 0.6 is 0 Å². The second-order valence-corrected chi connectivity index (χ2v) is 17.6. The zero-order chi connectivity index (χ0) is 42.8. The maximum absolute atomic E-state index is 12.4. The van der Waals surface area contributed by atoms with Gasteiger partial charge in [-0.05, 0) is 64.2 Å². The fourth-order valence-corrected chi connectivity index (χ4v) is 7.80. The van der Waals surface area contributed by atoms with Gasteiger partial charge in [0.25, 0.3) is 0 Å². The Morgan fingerprint density at radius 2 is 0.763 bits per heavy atom. The van der Waals surface area contributed by atoms with E-state index in [9.17, 15) is 15.0 Å². The van der Waals surface area contributed by atoms with E-state index in [1.165, 1.54) is 180 Å². The number of nitrogens with one attached hydrogen (secondary N) is 1. The summed E-state index contributed by atoms with van der Waals surface area (Å²) in [6, 6.07) is -0.647. The standard InChI is InChI=1S/C55H101NO3/c1-3-5-7-9-11-13-15-17-19-21-22-23-24-25-26-27-28-29-30-31-32-33-35-36-38-40-42-44-46-48-50-54(58)53(52-57)56-55(59)51-49-47-45-43-41-39-37-34-20-18-16-14-12-10-8-6-4-2/h6,8,12,14,18,20,40,42,48,50,53-54,57-58H,3-5,7,9-11,13,15-17,19,21-39,41,43-47,49,51-52H2,1-2H3,(H,56,59)/b8-6-,14-12-,20-18-,42-40+,50-48+. The highest BCUT2D eigenvalue weighted by molar-refractivity contribution is 5.76. The predicted molar refractivity (Wildman–Crippen MR) is 262 cm³/mol. The number of aliphatic hydroxyl groups is 2. The number of carbonyl (C=O) groups excluding carboxylic acids is 1. The van der Waals surface area contributed by atoms with Crippen molar-refractivity contribution >= 4 is 5.91 Å². The van der Waals surface area contributed by atoms with Crippen LogP contribution in [0.25, 0.3) is 0 Å². The number of unbranched alkanes of at least 4 members (excludes halogenated alkanes) is 32. The molecule has 2 unspecified atom stereocenters. The molecule has 0 aliphatic rings. The quantitative estimate of drug-likeness (QED) is 0.0423. The molecule has 4 nitrogen and oxygen atoms in total. The van der Waals surface area contributed by atoms with Crippen molar-refractivity contribution in [2.45, 2.75) is 276 Å².